The van der Waals surface area contributed by atoms with E-state index >= 15 is 0 Å². The summed E-state index contributed by atoms with van der Waals surface area (Å²) in [5, 5.41) is 0.870. The molecule has 23 heavy (non-hydrogen) atoms. The van der Waals surface area contributed by atoms with Crippen molar-refractivity contribution in [3.63, 3.8) is 0 Å². The van der Waals surface area contributed by atoms with Crippen LogP contribution in [0.1, 0.15) is 18.1 Å². The number of ether oxygens (including phenoxy) is 1. The van der Waals surface area contributed by atoms with E-state index < -0.39 is 0 Å². The molecule has 124 valence electrons. The van der Waals surface area contributed by atoms with Gasteiger partial charge in [0, 0.05) is 35.7 Å². The van der Waals surface area contributed by atoms with Gasteiger partial charge in [0.25, 0.3) is 0 Å². The van der Waals surface area contributed by atoms with Crippen LogP contribution in [-0.4, -0.2) is 5.97 Å². The average Bonchev–Trinajstić information content (AvgIpc) is 2.47. The number of hydrogen-bond donors (Lipinski definition) is 0. The SMILES string of the molecule is BrCc1c(Br)cccc1Br.CC(=O)OCc1c(Br)cccc1Br. The van der Waals surface area contributed by atoms with Gasteiger partial charge in [-0.2, -0.15) is 0 Å². The fourth-order valence-electron chi connectivity index (χ4n) is 1.50. The summed E-state index contributed by atoms with van der Waals surface area (Å²) < 4.78 is 9.03. The van der Waals surface area contributed by atoms with Gasteiger partial charge in [-0.25, -0.2) is 0 Å². The van der Waals surface area contributed by atoms with Crippen LogP contribution in [0.3, 0.4) is 0 Å². The molecule has 0 amide bonds. The lowest BCUT2D eigenvalue weighted by Crippen LogP contribution is -2.00. The van der Waals surface area contributed by atoms with Crippen LogP contribution < -0.4 is 0 Å². The second-order valence-corrected chi connectivity index (χ2v) is 8.29. The van der Waals surface area contributed by atoms with E-state index in [1.165, 1.54) is 12.5 Å². The maximum absolute atomic E-state index is 10.6. The largest absolute Gasteiger partial charge is 0.461 e. The molecule has 0 N–H and O–H groups in total. The minimum absolute atomic E-state index is 0.275. The standard InChI is InChI=1S/C9H8Br2O2.C7H5Br3/c1-6(12)13-5-7-8(10)3-2-4-9(7)11;8-4-5-6(9)2-1-3-7(5)10/h2-4H,5H2,1H3;1-3H,4H2. The summed E-state index contributed by atoms with van der Waals surface area (Å²) in [6.07, 6.45) is 0. The van der Waals surface area contributed by atoms with Crippen molar-refractivity contribution in [1.82, 2.24) is 0 Å². The zero-order valence-electron chi connectivity index (χ0n) is 12.1. The number of hydrogen-bond acceptors (Lipinski definition) is 2. The van der Waals surface area contributed by atoms with E-state index in [1.54, 1.807) is 0 Å². The van der Waals surface area contributed by atoms with E-state index in [0.29, 0.717) is 0 Å². The highest BCUT2D eigenvalue weighted by Gasteiger charge is 2.05. The van der Waals surface area contributed by atoms with Crippen molar-refractivity contribution in [3.05, 3.63) is 65.4 Å². The number of carbonyl (C=O) groups is 1. The molecular formula is C16H13Br5O2. The van der Waals surface area contributed by atoms with Crippen LogP contribution in [0.5, 0.6) is 0 Å². The predicted molar refractivity (Wildman–Crippen MR) is 112 cm³/mol. The molecule has 0 aliphatic heterocycles. The topological polar surface area (TPSA) is 26.3 Å². The van der Waals surface area contributed by atoms with Gasteiger partial charge in [0.05, 0.1) is 0 Å². The fraction of sp³-hybridized carbons (Fsp3) is 0.188. The van der Waals surface area contributed by atoms with E-state index in [4.69, 9.17) is 4.74 Å². The lowest BCUT2D eigenvalue weighted by molar-refractivity contribution is -0.142. The third kappa shape index (κ3) is 7.38. The molecule has 0 aliphatic rings. The summed E-state index contributed by atoms with van der Waals surface area (Å²) >= 11 is 17.0. The zero-order valence-corrected chi connectivity index (χ0v) is 20.0. The van der Waals surface area contributed by atoms with Gasteiger partial charge < -0.3 is 4.74 Å². The summed E-state index contributed by atoms with van der Waals surface area (Å²) in [5.41, 5.74) is 2.19. The van der Waals surface area contributed by atoms with Crippen LogP contribution in [0.2, 0.25) is 0 Å². The van der Waals surface area contributed by atoms with E-state index in [1.807, 2.05) is 36.4 Å². The van der Waals surface area contributed by atoms with Crippen LogP contribution in [0.15, 0.2) is 54.3 Å². The Hall–Kier alpha value is 0.310. The van der Waals surface area contributed by atoms with Crippen molar-refractivity contribution in [2.75, 3.05) is 0 Å². The van der Waals surface area contributed by atoms with Gasteiger partial charge >= 0.3 is 5.97 Å². The normalized spacial score (nSPS) is 9.83. The Morgan fingerprint density at radius 3 is 1.57 bits per heavy atom. The summed E-state index contributed by atoms with van der Waals surface area (Å²) in [4.78, 5) is 10.6. The van der Waals surface area contributed by atoms with Crippen LogP contribution in [0.25, 0.3) is 0 Å². The van der Waals surface area contributed by atoms with E-state index in [-0.39, 0.29) is 12.6 Å². The van der Waals surface area contributed by atoms with Crippen LogP contribution in [-0.2, 0) is 21.5 Å². The zero-order chi connectivity index (χ0) is 17.4. The summed E-state index contributed by atoms with van der Waals surface area (Å²) in [5.74, 6) is -0.275. The molecule has 2 aromatic rings. The number of rotatable bonds is 3. The number of alkyl halides is 1. The first-order valence-electron chi connectivity index (χ1n) is 6.42. The molecule has 0 saturated heterocycles. The predicted octanol–water partition coefficient (Wildman–Crippen LogP) is 7.38. The van der Waals surface area contributed by atoms with Crippen molar-refractivity contribution in [2.45, 2.75) is 18.9 Å². The number of halogens is 5. The highest BCUT2D eigenvalue weighted by Crippen LogP contribution is 2.27. The Morgan fingerprint density at radius 1 is 0.870 bits per heavy atom. The third-order valence-corrected chi connectivity index (χ3v) is 6.21. The van der Waals surface area contributed by atoms with Crippen molar-refractivity contribution < 1.29 is 9.53 Å². The van der Waals surface area contributed by atoms with Crippen molar-refractivity contribution in [1.29, 1.82) is 0 Å². The summed E-state index contributed by atoms with van der Waals surface area (Å²) in [6.45, 7) is 1.68. The molecule has 2 nitrogen and oxygen atoms in total. The maximum atomic E-state index is 10.6. The minimum atomic E-state index is -0.275. The van der Waals surface area contributed by atoms with Gasteiger partial charge in [-0.05, 0) is 29.8 Å². The van der Waals surface area contributed by atoms with Crippen LogP contribution >= 0.6 is 79.6 Å². The van der Waals surface area contributed by atoms with Gasteiger partial charge in [-0.3, -0.25) is 4.79 Å². The van der Waals surface area contributed by atoms with Crippen LogP contribution in [0.4, 0.5) is 0 Å². The lowest BCUT2D eigenvalue weighted by atomic mass is 10.2. The van der Waals surface area contributed by atoms with Gasteiger partial charge in [0.1, 0.15) is 6.61 Å². The van der Waals surface area contributed by atoms with Gasteiger partial charge in [0.15, 0.2) is 0 Å². The Morgan fingerprint density at radius 2 is 1.26 bits per heavy atom. The first kappa shape index (κ1) is 21.4. The minimum Gasteiger partial charge on any atom is -0.461 e. The molecule has 0 aliphatic carbocycles. The first-order valence-corrected chi connectivity index (χ1v) is 10.7. The average molecular weight is 637 g/mol. The molecule has 0 spiro atoms. The van der Waals surface area contributed by atoms with E-state index in [9.17, 15) is 4.79 Å². The molecule has 0 atom stereocenters. The molecule has 0 aromatic heterocycles. The highest BCUT2D eigenvalue weighted by molar-refractivity contribution is 9.11. The smallest absolute Gasteiger partial charge is 0.302 e. The van der Waals surface area contributed by atoms with E-state index in [2.05, 4.69) is 79.6 Å². The maximum Gasteiger partial charge on any atom is 0.302 e. The Kier molecular flexibility index (Phi) is 10.2. The Labute approximate surface area is 178 Å². The Bertz CT molecular complexity index is 633. The van der Waals surface area contributed by atoms with Gasteiger partial charge in [-0.1, -0.05) is 91.8 Å². The summed E-state index contributed by atoms with van der Waals surface area (Å²) in [7, 11) is 0. The third-order valence-electron chi connectivity index (χ3n) is 2.68. The van der Waals surface area contributed by atoms with Gasteiger partial charge in [0.2, 0.25) is 0 Å². The lowest BCUT2D eigenvalue weighted by Gasteiger charge is -2.06. The number of esters is 1. The fourth-order valence-corrected chi connectivity index (χ4v) is 5.37. The molecule has 2 rings (SSSR count). The molecule has 7 heteroatoms. The van der Waals surface area contributed by atoms with Crippen molar-refractivity contribution >= 4 is 85.6 Å². The number of benzene rings is 2. The molecule has 0 bridgehead atoms. The Balaban J connectivity index is 0.000000238. The van der Waals surface area contributed by atoms with Gasteiger partial charge in [-0.15, -0.1) is 0 Å². The molecule has 0 fully saturated rings. The second-order valence-electron chi connectivity index (χ2n) is 4.31. The van der Waals surface area contributed by atoms with E-state index in [0.717, 1.165) is 28.8 Å². The molecule has 0 saturated carbocycles. The summed E-state index contributed by atoms with van der Waals surface area (Å²) in [6, 6.07) is 11.8. The second kappa shape index (κ2) is 11.0. The molecule has 2 aromatic carbocycles. The molecule has 0 unspecified atom stereocenters. The quantitative estimate of drug-likeness (QED) is 0.260. The van der Waals surface area contributed by atoms with Crippen LogP contribution in [0, 0.1) is 0 Å². The highest BCUT2D eigenvalue weighted by atomic mass is 79.9. The van der Waals surface area contributed by atoms with Crippen molar-refractivity contribution in [2.24, 2.45) is 0 Å². The van der Waals surface area contributed by atoms with Crippen molar-refractivity contribution in [3.8, 4) is 0 Å². The molecule has 0 radical (unpaired) electrons. The molecule has 0 heterocycles. The first-order chi connectivity index (χ1) is 10.9. The monoisotopic (exact) mass is 632 g/mol. The molecular weight excluding hydrogens is 624 g/mol. The number of carbonyl (C=O) groups excluding carboxylic acids is 1.